The van der Waals surface area contributed by atoms with Gasteiger partial charge < -0.3 is 11.1 Å². The Bertz CT molecular complexity index is 433. The average molecular weight is 277 g/mol. The maximum atomic E-state index is 12.1. The lowest BCUT2D eigenvalue weighted by Gasteiger charge is -2.30. The monoisotopic (exact) mass is 277 g/mol. The zero-order valence-electron chi connectivity index (χ0n) is 13.0. The van der Waals surface area contributed by atoms with Gasteiger partial charge in [0.25, 0.3) is 0 Å². The number of carbonyl (C=O) groups is 1. The fraction of sp³-hybridized carbons (Fsp3) is 0.562. The molecular formula is C16H27N3O. The van der Waals surface area contributed by atoms with Crippen molar-refractivity contribution in [3.8, 4) is 0 Å². The number of nitrogen functional groups attached to an aromatic ring is 1. The third-order valence-electron chi connectivity index (χ3n) is 3.82. The van der Waals surface area contributed by atoms with Gasteiger partial charge in [0.15, 0.2) is 0 Å². The quantitative estimate of drug-likeness (QED) is 0.595. The van der Waals surface area contributed by atoms with Crippen LogP contribution in [0.2, 0.25) is 0 Å². The van der Waals surface area contributed by atoms with Crippen molar-refractivity contribution in [1.29, 1.82) is 0 Å². The molecule has 1 aromatic rings. The van der Waals surface area contributed by atoms with Crippen LogP contribution in [0.5, 0.6) is 0 Å². The number of anilines is 1. The summed E-state index contributed by atoms with van der Waals surface area (Å²) < 4.78 is 0. The number of benzene rings is 1. The molecule has 1 aromatic carbocycles. The first-order valence-corrected chi connectivity index (χ1v) is 7.32. The fourth-order valence-corrected chi connectivity index (χ4v) is 2.11. The average Bonchev–Trinajstić information content (AvgIpc) is 2.45. The number of hydrogen-bond donors (Lipinski definition) is 2. The number of carbonyl (C=O) groups excluding carboxylic acids is 1. The maximum Gasteiger partial charge on any atom is 0.237 e. The molecule has 20 heavy (non-hydrogen) atoms. The summed E-state index contributed by atoms with van der Waals surface area (Å²) in [5.41, 5.74) is 7.69. The molecule has 4 nitrogen and oxygen atoms in total. The molecule has 0 heterocycles. The second kappa shape index (κ2) is 7.90. The zero-order valence-corrected chi connectivity index (χ0v) is 13.0. The molecule has 0 aromatic heterocycles. The van der Waals surface area contributed by atoms with E-state index in [0.29, 0.717) is 0 Å². The summed E-state index contributed by atoms with van der Waals surface area (Å²) in [5, 5.41) is 2.98. The molecule has 0 radical (unpaired) electrons. The van der Waals surface area contributed by atoms with Gasteiger partial charge in [-0.15, -0.1) is 0 Å². The summed E-state index contributed by atoms with van der Waals surface area (Å²) >= 11 is 0. The Hall–Kier alpha value is -1.55. The molecule has 0 saturated carbocycles. The van der Waals surface area contributed by atoms with Crippen molar-refractivity contribution in [1.82, 2.24) is 10.2 Å². The van der Waals surface area contributed by atoms with Crippen LogP contribution < -0.4 is 11.1 Å². The molecule has 1 rings (SSSR count). The molecule has 2 unspecified atom stereocenters. The molecular weight excluding hydrogens is 250 g/mol. The van der Waals surface area contributed by atoms with E-state index in [9.17, 15) is 4.79 Å². The van der Waals surface area contributed by atoms with E-state index in [4.69, 9.17) is 5.73 Å². The molecule has 4 heteroatoms. The smallest absolute Gasteiger partial charge is 0.237 e. The van der Waals surface area contributed by atoms with Crippen LogP contribution in [0.1, 0.15) is 45.2 Å². The van der Waals surface area contributed by atoms with Gasteiger partial charge in [-0.1, -0.05) is 25.5 Å². The predicted molar refractivity (Wildman–Crippen MR) is 84.4 cm³/mol. The van der Waals surface area contributed by atoms with Gasteiger partial charge in [-0.05, 0) is 45.0 Å². The molecule has 112 valence electrons. The topological polar surface area (TPSA) is 58.4 Å². The summed E-state index contributed by atoms with van der Waals surface area (Å²) in [6.07, 6.45) is 2.11. The first-order valence-electron chi connectivity index (χ1n) is 7.32. The van der Waals surface area contributed by atoms with Crippen LogP contribution in [0.3, 0.4) is 0 Å². The summed E-state index contributed by atoms with van der Waals surface area (Å²) in [4.78, 5) is 14.2. The molecule has 0 aliphatic carbocycles. The van der Waals surface area contributed by atoms with E-state index < -0.39 is 0 Å². The van der Waals surface area contributed by atoms with E-state index in [-0.39, 0.29) is 18.0 Å². The first-order chi connectivity index (χ1) is 9.47. The highest BCUT2D eigenvalue weighted by Gasteiger charge is 2.22. The van der Waals surface area contributed by atoms with Gasteiger partial charge in [0.05, 0.1) is 6.04 Å². The van der Waals surface area contributed by atoms with Crippen LogP contribution in [0.4, 0.5) is 5.69 Å². The van der Waals surface area contributed by atoms with Gasteiger partial charge in [0.2, 0.25) is 5.91 Å². The van der Waals surface area contributed by atoms with Crippen molar-refractivity contribution < 1.29 is 4.79 Å². The van der Waals surface area contributed by atoms with Crippen LogP contribution in [0, 0.1) is 0 Å². The number of nitrogens with zero attached hydrogens (tertiary/aromatic N) is 1. The van der Waals surface area contributed by atoms with Crippen LogP contribution in [-0.4, -0.2) is 30.4 Å². The van der Waals surface area contributed by atoms with E-state index in [1.807, 2.05) is 38.2 Å². The minimum Gasteiger partial charge on any atom is -0.399 e. The van der Waals surface area contributed by atoms with Crippen molar-refractivity contribution in [2.75, 3.05) is 19.3 Å². The minimum absolute atomic E-state index is 0.0803. The van der Waals surface area contributed by atoms with E-state index in [0.717, 1.165) is 30.6 Å². The van der Waals surface area contributed by atoms with Crippen LogP contribution in [-0.2, 0) is 4.79 Å². The Morgan fingerprint density at radius 1 is 1.40 bits per heavy atom. The number of nitrogens with one attached hydrogen (secondary N) is 1. The number of likely N-dealkylation sites (N-methyl/N-ethyl adjacent to an activating group) is 1. The normalized spacial score (nSPS) is 14.1. The fourth-order valence-electron chi connectivity index (χ4n) is 2.11. The van der Waals surface area contributed by atoms with Crippen molar-refractivity contribution in [2.45, 2.75) is 45.7 Å². The predicted octanol–water partition coefficient (Wildman–Crippen LogP) is 2.57. The van der Waals surface area contributed by atoms with Crippen LogP contribution in [0.25, 0.3) is 0 Å². The third-order valence-corrected chi connectivity index (χ3v) is 3.82. The van der Waals surface area contributed by atoms with E-state index in [1.165, 1.54) is 0 Å². The van der Waals surface area contributed by atoms with Crippen molar-refractivity contribution >= 4 is 11.6 Å². The van der Waals surface area contributed by atoms with Crippen molar-refractivity contribution in [2.24, 2.45) is 0 Å². The van der Waals surface area contributed by atoms with Gasteiger partial charge in [-0.3, -0.25) is 9.69 Å². The van der Waals surface area contributed by atoms with Gasteiger partial charge in [0.1, 0.15) is 0 Å². The van der Waals surface area contributed by atoms with Gasteiger partial charge >= 0.3 is 0 Å². The van der Waals surface area contributed by atoms with E-state index in [1.54, 1.807) is 0 Å². The lowest BCUT2D eigenvalue weighted by molar-refractivity contribution is -0.126. The summed E-state index contributed by atoms with van der Waals surface area (Å²) in [6.45, 7) is 6.89. The molecule has 0 saturated heterocycles. The number of unbranched alkanes of at least 4 members (excludes halogenated alkanes) is 1. The maximum absolute atomic E-state index is 12.1. The standard InChI is InChI=1S/C16H27N3O/c1-5-6-10-18-16(20)13(3)19(4)12(2)14-8-7-9-15(17)11-14/h7-9,11-13H,5-6,10,17H2,1-4H3,(H,18,20). The minimum atomic E-state index is -0.164. The molecule has 0 spiro atoms. The van der Waals surface area contributed by atoms with Gasteiger partial charge in [0, 0.05) is 18.3 Å². The zero-order chi connectivity index (χ0) is 15.1. The molecule has 0 aliphatic heterocycles. The Kier molecular flexibility index (Phi) is 6.52. The lowest BCUT2D eigenvalue weighted by atomic mass is 10.0. The molecule has 3 N–H and O–H groups in total. The SMILES string of the molecule is CCCCNC(=O)C(C)N(C)C(C)c1cccc(N)c1. The second-order valence-corrected chi connectivity index (χ2v) is 5.33. The van der Waals surface area contributed by atoms with E-state index >= 15 is 0 Å². The number of rotatable bonds is 7. The highest BCUT2D eigenvalue weighted by atomic mass is 16.2. The lowest BCUT2D eigenvalue weighted by Crippen LogP contribution is -2.44. The van der Waals surface area contributed by atoms with Crippen molar-refractivity contribution in [3.05, 3.63) is 29.8 Å². The molecule has 1 amide bonds. The van der Waals surface area contributed by atoms with Crippen molar-refractivity contribution in [3.63, 3.8) is 0 Å². The first kappa shape index (κ1) is 16.5. The van der Waals surface area contributed by atoms with E-state index in [2.05, 4.69) is 24.1 Å². The molecule has 0 bridgehead atoms. The number of nitrogens with two attached hydrogens (primary N) is 1. The summed E-state index contributed by atoms with van der Waals surface area (Å²) in [6, 6.07) is 7.80. The number of hydrogen-bond acceptors (Lipinski definition) is 3. The highest BCUT2D eigenvalue weighted by Crippen LogP contribution is 2.22. The van der Waals surface area contributed by atoms with Gasteiger partial charge in [-0.2, -0.15) is 0 Å². The molecule has 0 fully saturated rings. The molecule has 0 aliphatic rings. The highest BCUT2D eigenvalue weighted by molar-refractivity contribution is 5.81. The third kappa shape index (κ3) is 4.53. The summed E-state index contributed by atoms with van der Waals surface area (Å²) in [7, 11) is 1.97. The Morgan fingerprint density at radius 3 is 2.70 bits per heavy atom. The molecule has 2 atom stereocenters. The largest absolute Gasteiger partial charge is 0.399 e. The van der Waals surface area contributed by atoms with Crippen LogP contribution >= 0.6 is 0 Å². The second-order valence-electron chi connectivity index (χ2n) is 5.33. The number of amides is 1. The Balaban J connectivity index is 2.63. The summed E-state index contributed by atoms with van der Waals surface area (Å²) in [5.74, 6) is 0.0803. The Labute approximate surface area is 122 Å². The van der Waals surface area contributed by atoms with Gasteiger partial charge in [-0.25, -0.2) is 0 Å². The van der Waals surface area contributed by atoms with Crippen LogP contribution in [0.15, 0.2) is 24.3 Å². The Morgan fingerprint density at radius 2 is 2.10 bits per heavy atom.